The summed E-state index contributed by atoms with van der Waals surface area (Å²) in [5, 5.41) is 5.61. The molecule has 2 aromatic carbocycles. The third-order valence-electron chi connectivity index (χ3n) is 4.13. The van der Waals surface area contributed by atoms with Gasteiger partial charge < -0.3 is 20.3 Å². The van der Waals surface area contributed by atoms with Crippen LogP contribution in [0.4, 0.5) is 16.2 Å². The predicted molar refractivity (Wildman–Crippen MR) is 97.1 cm³/mol. The number of benzene rings is 2. The normalized spacial score (nSPS) is 16.6. The molecule has 6 nitrogen and oxygen atoms in total. The van der Waals surface area contributed by atoms with E-state index in [4.69, 9.17) is 4.74 Å². The minimum Gasteiger partial charge on any atom is -0.497 e. The Kier molecular flexibility index (Phi) is 4.88. The molecule has 1 atom stereocenters. The van der Waals surface area contributed by atoms with Crippen molar-refractivity contribution in [3.8, 4) is 5.75 Å². The number of urea groups is 1. The predicted octanol–water partition coefficient (Wildman–Crippen LogP) is 2.93. The highest BCUT2D eigenvalue weighted by atomic mass is 16.5. The van der Waals surface area contributed by atoms with Crippen LogP contribution in [-0.2, 0) is 4.79 Å². The summed E-state index contributed by atoms with van der Waals surface area (Å²) < 4.78 is 5.13. The molecule has 6 heteroatoms. The first-order valence-electron chi connectivity index (χ1n) is 8.14. The average molecular weight is 339 g/mol. The molecule has 1 aliphatic heterocycles. The van der Waals surface area contributed by atoms with Crippen molar-refractivity contribution in [3.63, 3.8) is 0 Å². The Hall–Kier alpha value is -3.02. The van der Waals surface area contributed by atoms with Crippen LogP contribution in [0.2, 0.25) is 0 Å². The van der Waals surface area contributed by atoms with E-state index in [-0.39, 0.29) is 18.0 Å². The zero-order valence-electron chi connectivity index (χ0n) is 14.3. The molecule has 1 aliphatic rings. The van der Waals surface area contributed by atoms with Crippen LogP contribution in [0, 0.1) is 6.92 Å². The van der Waals surface area contributed by atoms with Gasteiger partial charge in [-0.1, -0.05) is 23.8 Å². The summed E-state index contributed by atoms with van der Waals surface area (Å²) in [6.45, 7) is 2.47. The minimum absolute atomic E-state index is 0.00975. The highest BCUT2D eigenvalue weighted by Crippen LogP contribution is 2.22. The molecule has 0 aromatic heterocycles. The number of carbonyl (C=O) groups is 2. The second-order valence-corrected chi connectivity index (χ2v) is 6.07. The Morgan fingerprint density at radius 2 is 1.96 bits per heavy atom. The summed E-state index contributed by atoms with van der Waals surface area (Å²) in [5.41, 5.74) is 2.63. The number of hydrogen-bond donors (Lipinski definition) is 2. The molecule has 1 heterocycles. The fraction of sp³-hybridized carbons (Fsp3) is 0.263. The highest BCUT2D eigenvalue weighted by Gasteiger charge is 2.31. The Labute approximate surface area is 146 Å². The van der Waals surface area contributed by atoms with Crippen molar-refractivity contribution in [2.24, 2.45) is 0 Å². The molecular weight excluding hydrogens is 318 g/mol. The Morgan fingerprint density at radius 1 is 1.20 bits per heavy atom. The number of amides is 3. The second-order valence-electron chi connectivity index (χ2n) is 6.07. The van der Waals surface area contributed by atoms with Crippen molar-refractivity contribution >= 4 is 23.3 Å². The van der Waals surface area contributed by atoms with Crippen LogP contribution >= 0.6 is 0 Å². The number of anilines is 2. The van der Waals surface area contributed by atoms with Gasteiger partial charge in [0, 0.05) is 30.4 Å². The third-order valence-corrected chi connectivity index (χ3v) is 4.13. The summed E-state index contributed by atoms with van der Waals surface area (Å²) in [4.78, 5) is 26.1. The molecule has 2 aromatic rings. The molecular formula is C19H21N3O3. The summed E-state index contributed by atoms with van der Waals surface area (Å²) >= 11 is 0. The molecule has 3 rings (SSSR count). The monoisotopic (exact) mass is 339 g/mol. The molecule has 0 saturated carbocycles. The van der Waals surface area contributed by atoms with E-state index >= 15 is 0 Å². The number of aryl methyl sites for hydroxylation is 1. The van der Waals surface area contributed by atoms with E-state index in [2.05, 4.69) is 10.6 Å². The number of hydrogen-bond acceptors (Lipinski definition) is 3. The summed E-state index contributed by atoms with van der Waals surface area (Å²) in [6.07, 6.45) is 0.291. The minimum atomic E-state index is -0.336. The lowest BCUT2D eigenvalue weighted by Gasteiger charge is -2.17. The van der Waals surface area contributed by atoms with E-state index in [0.29, 0.717) is 24.4 Å². The van der Waals surface area contributed by atoms with E-state index in [9.17, 15) is 9.59 Å². The van der Waals surface area contributed by atoms with E-state index in [1.54, 1.807) is 36.3 Å². The first-order valence-corrected chi connectivity index (χ1v) is 8.14. The van der Waals surface area contributed by atoms with Gasteiger partial charge in [-0.3, -0.25) is 4.79 Å². The van der Waals surface area contributed by atoms with Crippen molar-refractivity contribution in [3.05, 3.63) is 54.1 Å². The van der Waals surface area contributed by atoms with Crippen LogP contribution in [0.15, 0.2) is 48.5 Å². The van der Waals surface area contributed by atoms with Gasteiger partial charge in [-0.2, -0.15) is 0 Å². The number of methoxy groups -OCH3 is 1. The van der Waals surface area contributed by atoms with E-state index in [0.717, 1.165) is 11.3 Å². The number of nitrogens with zero attached hydrogens (tertiary/aromatic N) is 1. The van der Waals surface area contributed by atoms with E-state index in [1.165, 1.54) is 0 Å². The van der Waals surface area contributed by atoms with Gasteiger partial charge in [-0.05, 0) is 31.2 Å². The summed E-state index contributed by atoms with van der Waals surface area (Å²) in [7, 11) is 1.57. The Bertz CT molecular complexity index is 774. The first kappa shape index (κ1) is 16.8. The standard InChI is InChI=1S/C19H21N3O3/c1-13-6-8-16(9-7-13)22-12-15(11-18(22)23)21-19(24)20-14-4-3-5-17(10-14)25-2/h3-10,15H,11-12H2,1-2H3,(H2,20,21,24)/t15-/m0/s1. The van der Waals surface area contributed by atoms with Crippen molar-refractivity contribution < 1.29 is 14.3 Å². The zero-order chi connectivity index (χ0) is 17.8. The molecule has 0 aliphatic carbocycles. The molecule has 1 saturated heterocycles. The van der Waals surface area contributed by atoms with Crippen molar-refractivity contribution in [1.29, 1.82) is 0 Å². The van der Waals surface area contributed by atoms with E-state index < -0.39 is 0 Å². The third kappa shape index (κ3) is 4.09. The zero-order valence-corrected chi connectivity index (χ0v) is 14.3. The van der Waals surface area contributed by atoms with Gasteiger partial charge in [0.25, 0.3) is 0 Å². The summed E-state index contributed by atoms with van der Waals surface area (Å²) in [6, 6.07) is 14.3. The number of carbonyl (C=O) groups excluding carboxylic acids is 2. The van der Waals surface area contributed by atoms with Crippen LogP contribution in [0.1, 0.15) is 12.0 Å². The maximum absolute atomic E-state index is 12.2. The van der Waals surface area contributed by atoms with Crippen LogP contribution in [0.3, 0.4) is 0 Å². The molecule has 2 N–H and O–H groups in total. The highest BCUT2D eigenvalue weighted by molar-refractivity contribution is 5.97. The Balaban J connectivity index is 1.59. The smallest absolute Gasteiger partial charge is 0.319 e. The first-order chi connectivity index (χ1) is 12.0. The van der Waals surface area contributed by atoms with E-state index in [1.807, 2.05) is 31.2 Å². The molecule has 0 unspecified atom stereocenters. The lowest BCUT2D eigenvalue weighted by Crippen LogP contribution is -2.39. The molecule has 0 bridgehead atoms. The molecule has 0 radical (unpaired) electrons. The van der Waals surface area contributed by atoms with Gasteiger partial charge in [-0.25, -0.2) is 4.79 Å². The van der Waals surface area contributed by atoms with Crippen molar-refractivity contribution in [2.45, 2.75) is 19.4 Å². The quantitative estimate of drug-likeness (QED) is 0.900. The van der Waals surface area contributed by atoms with Gasteiger partial charge in [0.05, 0.1) is 13.2 Å². The molecule has 3 amide bonds. The lowest BCUT2D eigenvalue weighted by atomic mass is 10.2. The van der Waals surface area contributed by atoms with Gasteiger partial charge in [0.1, 0.15) is 5.75 Å². The van der Waals surface area contributed by atoms with Gasteiger partial charge in [0.2, 0.25) is 5.91 Å². The fourth-order valence-electron chi connectivity index (χ4n) is 2.83. The van der Waals surface area contributed by atoms with Gasteiger partial charge in [0.15, 0.2) is 0 Å². The number of rotatable bonds is 4. The molecule has 130 valence electrons. The van der Waals surface area contributed by atoms with Crippen LogP contribution < -0.4 is 20.3 Å². The largest absolute Gasteiger partial charge is 0.497 e. The average Bonchev–Trinajstić information content (AvgIpc) is 2.95. The van der Waals surface area contributed by atoms with Crippen LogP contribution in [-0.4, -0.2) is 31.6 Å². The number of ether oxygens (including phenoxy) is 1. The van der Waals surface area contributed by atoms with Crippen molar-refractivity contribution in [2.75, 3.05) is 23.9 Å². The topological polar surface area (TPSA) is 70.7 Å². The van der Waals surface area contributed by atoms with Gasteiger partial charge in [-0.15, -0.1) is 0 Å². The second kappa shape index (κ2) is 7.25. The Morgan fingerprint density at radius 3 is 2.68 bits per heavy atom. The molecule has 25 heavy (non-hydrogen) atoms. The van der Waals surface area contributed by atoms with Crippen LogP contribution in [0.5, 0.6) is 5.75 Å². The maximum Gasteiger partial charge on any atom is 0.319 e. The van der Waals surface area contributed by atoms with Gasteiger partial charge >= 0.3 is 6.03 Å². The molecule has 0 spiro atoms. The van der Waals surface area contributed by atoms with Crippen molar-refractivity contribution in [1.82, 2.24) is 5.32 Å². The maximum atomic E-state index is 12.2. The number of nitrogens with one attached hydrogen (secondary N) is 2. The van der Waals surface area contributed by atoms with Crippen LogP contribution in [0.25, 0.3) is 0 Å². The molecule has 1 fully saturated rings. The summed E-state index contributed by atoms with van der Waals surface area (Å²) in [5.74, 6) is 0.676. The fourth-order valence-corrected chi connectivity index (χ4v) is 2.83. The SMILES string of the molecule is COc1cccc(NC(=O)N[C@H]2CC(=O)N(c3ccc(C)cc3)C2)c1. The lowest BCUT2D eigenvalue weighted by molar-refractivity contribution is -0.117.